The zero-order valence-electron chi connectivity index (χ0n) is 24.7. The lowest BCUT2D eigenvalue weighted by molar-refractivity contribution is -0.362. The zero-order valence-corrected chi connectivity index (χ0v) is 24.7. The molecule has 3 fully saturated rings. The number of piperazine rings is 1. The van der Waals surface area contributed by atoms with Gasteiger partial charge in [-0.3, -0.25) is 14.5 Å². The highest BCUT2D eigenvalue weighted by atomic mass is 19.4. The third-order valence-electron chi connectivity index (χ3n) is 11.4. The monoisotopic (exact) mass is 606 g/mol. The number of hydrogen-bond donors (Lipinski definition) is 1. The first-order chi connectivity index (χ1) is 20.2. The lowest BCUT2D eigenvalue weighted by atomic mass is 9.50. The maximum Gasteiger partial charge on any atom is 0.456 e. The van der Waals surface area contributed by atoms with Crippen LogP contribution in [0.15, 0.2) is 47.1 Å². The van der Waals surface area contributed by atoms with E-state index in [-0.39, 0.29) is 30.4 Å². The largest absolute Gasteiger partial charge is 0.456 e. The van der Waals surface area contributed by atoms with E-state index in [0.717, 1.165) is 40.9 Å². The molecule has 43 heavy (non-hydrogen) atoms. The molecule has 234 valence electrons. The predicted molar refractivity (Wildman–Crippen MR) is 150 cm³/mol. The minimum absolute atomic E-state index is 0.0251. The quantitative estimate of drug-likeness (QED) is 0.416. The molecule has 1 heterocycles. The Kier molecular flexibility index (Phi) is 7.43. The van der Waals surface area contributed by atoms with Gasteiger partial charge in [0.1, 0.15) is 5.60 Å². The number of nitrogens with zero attached hydrogens (tertiary/aromatic N) is 2. The Balaban J connectivity index is 1.36. The van der Waals surface area contributed by atoms with E-state index in [4.69, 9.17) is 0 Å². The van der Waals surface area contributed by atoms with Crippen LogP contribution in [-0.4, -0.2) is 70.5 Å². The van der Waals surface area contributed by atoms with Crippen molar-refractivity contribution in [2.45, 2.75) is 89.0 Å². The zero-order chi connectivity index (χ0) is 30.9. The molecule has 1 aromatic rings. The number of carbonyl (C=O) groups excluding carboxylic acids is 2. The Labute approximate surface area is 248 Å². The summed E-state index contributed by atoms with van der Waals surface area (Å²) in [5.41, 5.74) is 0.104. The highest BCUT2D eigenvalue weighted by Gasteiger charge is 2.79. The number of rotatable bonds is 4. The topological polar surface area (TPSA) is 60.9 Å². The number of aliphatic hydroxyl groups is 1. The van der Waals surface area contributed by atoms with Crippen LogP contribution in [0.5, 0.6) is 0 Å². The normalized spacial score (nSPS) is 33.6. The molecule has 2 unspecified atom stereocenters. The van der Waals surface area contributed by atoms with E-state index in [1.807, 2.05) is 29.2 Å². The van der Waals surface area contributed by atoms with E-state index in [1.54, 1.807) is 13.0 Å². The molecule has 0 aromatic heterocycles. The SMILES string of the molecule is CC(=O)N1CCN(Cc2ccc([C@H]3C[C@@]4(C)C(CC[C@@]4(O)C(F)(F)C(F)(F)F)C4CCC5=CC(=O)CCC5=C43)cc2)CC1. The van der Waals surface area contributed by atoms with Gasteiger partial charge in [0.15, 0.2) is 5.78 Å². The first kappa shape index (κ1) is 30.4. The van der Waals surface area contributed by atoms with Crippen LogP contribution in [0.2, 0.25) is 0 Å². The number of alkyl halides is 5. The number of carbonyl (C=O) groups is 2. The Bertz CT molecular complexity index is 1360. The summed E-state index contributed by atoms with van der Waals surface area (Å²) < 4.78 is 71.7. The molecular weight excluding hydrogens is 567 g/mol. The standard InChI is InChI=1S/C33H39F5N2O3/c1-20(41)40-15-13-39(14-16-40)19-21-3-5-22(6-4-21)27-18-30(2)28(11-12-31(30,43)32(34,35)33(36,37)38)26-9-7-23-17-24(42)8-10-25(23)29(26)27/h3-6,17,26-28,43H,7-16,18-19H2,1-2H3/t26?,27-,28?,30+,31+/m1/s1. The molecule has 2 saturated carbocycles. The van der Waals surface area contributed by atoms with Crippen LogP contribution in [0.1, 0.15) is 75.8 Å². The second-order valence-corrected chi connectivity index (χ2v) is 13.5. The predicted octanol–water partition coefficient (Wildman–Crippen LogP) is 6.18. The molecule has 4 aliphatic carbocycles. The van der Waals surface area contributed by atoms with Gasteiger partial charge in [0.2, 0.25) is 5.91 Å². The van der Waals surface area contributed by atoms with Crippen molar-refractivity contribution < 1.29 is 36.6 Å². The fourth-order valence-corrected chi connectivity index (χ4v) is 9.05. The van der Waals surface area contributed by atoms with Gasteiger partial charge >= 0.3 is 12.1 Å². The number of fused-ring (bicyclic) bond motifs is 4. The van der Waals surface area contributed by atoms with E-state index in [9.17, 15) is 27.9 Å². The van der Waals surface area contributed by atoms with Crippen molar-refractivity contribution in [1.29, 1.82) is 0 Å². The molecule has 1 aliphatic heterocycles. The molecule has 1 N–H and O–H groups in total. The lowest BCUT2D eigenvalue weighted by Crippen LogP contribution is -2.65. The molecule has 5 atom stereocenters. The average Bonchev–Trinajstić information content (AvgIpc) is 3.24. The second kappa shape index (κ2) is 10.5. The minimum atomic E-state index is -5.86. The third-order valence-corrected chi connectivity index (χ3v) is 11.4. The lowest BCUT2D eigenvalue weighted by Gasteiger charge is -2.56. The number of allylic oxidation sites excluding steroid dienone is 4. The summed E-state index contributed by atoms with van der Waals surface area (Å²) in [7, 11) is 0. The third kappa shape index (κ3) is 4.78. The van der Waals surface area contributed by atoms with Gasteiger partial charge in [-0.05, 0) is 78.7 Å². The van der Waals surface area contributed by atoms with Gasteiger partial charge in [0.05, 0.1) is 0 Å². The molecule has 1 saturated heterocycles. The molecule has 5 aliphatic rings. The van der Waals surface area contributed by atoms with E-state index in [0.29, 0.717) is 45.3 Å². The number of ketones is 1. The number of benzene rings is 1. The van der Waals surface area contributed by atoms with Crippen LogP contribution >= 0.6 is 0 Å². The van der Waals surface area contributed by atoms with Crippen molar-refractivity contribution in [3.63, 3.8) is 0 Å². The van der Waals surface area contributed by atoms with Gasteiger partial charge in [-0.2, -0.15) is 22.0 Å². The van der Waals surface area contributed by atoms with E-state index < -0.39 is 41.4 Å². The van der Waals surface area contributed by atoms with Gasteiger partial charge in [-0.25, -0.2) is 0 Å². The molecule has 0 radical (unpaired) electrons. The summed E-state index contributed by atoms with van der Waals surface area (Å²) in [6.45, 7) is 6.52. The average molecular weight is 607 g/mol. The number of amides is 1. The summed E-state index contributed by atoms with van der Waals surface area (Å²) in [5, 5.41) is 11.4. The van der Waals surface area contributed by atoms with Crippen molar-refractivity contribution in [1.82, 2.24) is 9.80 Å². The number of halogens is 5. The van der Waals surface area contributed by atoms with Crippen LogP contribution in [0.4, 0.5) is 22.0 Å². The Hall–Kier alpha value is -2.59. The molecule has 10 heteroatoms. The first-order valence-corrected chi connectivity index (χ1v) is 15.4. The summed E-state index contributed by atoms with van der Waals surface area (Å²) >= 11 is 0. The van der Waals surface area contributed by atoms with Gasteiger partial charge in [-0.1, -0.05) is 36.8 Å². The van der Waals surface area contributed by atoms with Crippen LogP contribution in [0, 0.1) is 17.3 Å². The highest BCUT2D eigenvalue weighted by molar-refractivity contribution is 5.93. The van der Waals surface area contributed by atoms with Crippen LogP contribution in [-0.2, 0) is 16.1 Å². The van der Waals surface area contributed by atoms with Crippen molar-refractivity contribution in [3.05, 3.63) is 58.2 Å². The molecule has 6 rings (SSSR count). The molecule has 0 spiro atoms. The molecule has 5 nitrogen and oxygen atoms in total. The van der Waals surface area contributed by atoms with Gasteiger partial charge in [0.25, 0.3) is 0 Å². The molecule has 1 aromatic carbocycles. The van der Waals surface area contributed by atoms with E-state index in [2.05, 4.69) is 4.90 Å². The minimum Gasteiger partial charge on any atom is -0.383 e. The molecule has 1 amide bonds. The maximum absolute atomic E-state index is 15.2. The summed E-state index contributed by atoms with van der Waals surface area (Å²) in [5.74, 6) is -6.32. The van der Waals surface area contributed by atoms with Gasteiger partial charge in [0, 0.05) is 57.4 Å². The molecule has 0 bridgehead atoms. The van der Waals surface area contributed by atoms with E-state index in [1.165, 1.54) is 6.92 Å². The van der Waals surface area contributed by atoms with E-state index >= 15 is 8.78 Å². The Morgan fingerprint density at radius 3 is 2.30 bits per heavy atom. The maximum atomic E-state index is 15.2. The summed E-state index contributed by atoms with van der Waals surface area (Å²) in [6.07, 6.45) is -2.67. The summed E-state index contributed by atoms with van der Waals surface area (Å²) in [6, 6.07) is 7.86. The van der Waals surface area contributed by atoms with Crippen molar-refractivity contribution >= 4 is 11.7 Å². The highest BCUT2D eigenvalue weighted by Crippen LogP contribution is 2.70. The first-order valence-electron chi connectivity index (χ1n) is 15.4. The Morgan fingerprint density at radius 1 is 1.00 bits per heavy atom. The second-order valence-electron chi connectivity index (χ2n) is 13.5. The Morgan fingerprint density at radius 2 is 1.67 bits per heavy atom. The summed E-state index contributed by atoms with van der Waals surface area (Å²) in [4.78, 5) is 28.0. The van der Waals surface area contributed by atoms with Crippen molar-refractivity contribution in [2.75, 3.05) is 26.2 Å². The smallest absolute Gasteiger partial charge is 0.383 e. The van der Waals surface area contributed by atoms with Gasteiger partial charge < -0.3 is 10.0 Å². The van der Waals surface area contributed by atoms with Crippen LogP contribution in [0.3, 0.4) is 0 Å². The van der Waals surface area contributed by atoms with Crippen molar-refractivity contribution in [3.8, 4) is 0 Å². The van der Waals surface area contributed by atoms with Gasteiger partial charge in [-0.15, -0.1) is 0 Å². The van der Waals surface area contributed by atoms with Crippen LogP contribution < -0.4 is 0 Å². The van der Waals surface area contributed by atoms with Crippen molar-refractivity contribution in [2.24, 2.45) is 17.3 Å². The number of hydrogen-bond acceptors (Lipinski definition) is 4. The molecular formula is C33H39F5N2O3. The van der Waals surface area contributed by atoms with Crippen LogP contribution in [0.25, 0.3) is 0 Å². The fraction of sp³-hybridized carbons (Fsp3) is 0.636. The fourth-order valence-electron chi connectivity index (χ4n) is 9.05.